The van der Waals surface area contributed by atoms with Crippen molar-refractivity contribution in [2.75, 3.05) is 19.6 Å². The van der Waals surface area contributed by atoms with E-state index >= 15 is 0 Å². The summed E-state index contributed by atoms with van der Waals surface area (Å²) in [6.45, 7) is 6.82. The molecule has 1 aliphatic heterocycles. The summed E-state index contributed by atoms with van der Waals surface area (Å²) < 4.78 is 1.15. The number of hydrogen-bond acceptors (Lipinski definition) is 2. The minimum absolute atomic E-state index is 0.136. The molecule has 1 heterocycles. The Bertz CT molecular complexity index is 620. The lowest BCUT2D eigenvalue weighted by Gasteiger charge is -2.40. The number of amides is 1. The molecule has 3 aliphatic rings. The molecule has 3 rings (SSSR count). The van der Waals surface area contributed by atoms with Gasteiger partial charge in [0.15, 0.2) is 0 Å². The van der Waals surface area contributed by atoms with Crippen LogP contribution in [0.25, 0.3) is 0 Å². The molecule has 1 amide bonds. The molecule has 1 saturated heterocycles. The molecule has 1 N–H and O–H groups in total. The molecular formula is C23H35BrCl2N2O. The number of nitrogens with one attached hydrogen (secondary N) is 1. The molecule has 3 nitrogen and oxygen atoms in total. The van der Waals surface area contributed by atoms with Crippen molar-refractivity contribution in [1.82, 2.24) is 10.2 Å². The highest BCUT2D eigenvalue weighted by atomic mass is 79.9. The molecule has 0 spiro atoms. The molecule has 0 aromatic rings. The lowest BCUT2D eigenvalue weighted by Crippen LogP contribution is -2.52. The zero-order chi connectivity index (χ0) is 21.0. The van der Waals surface area contributed by atoms with Crippen molar-refractivity contribution in [2.24, 2.45) is 23.7 Å². The summed E-state index contributed by atoms with van der Waals surface area (Å²) in [6.07, 6.45) is 11.9. The van der Waals surface area contributed by atoms with E-state index in [1.165, 1.54) is 12.8 Å². The van der Waals surface area contributed by atoms with Crippen molar-refractivity contribution in [2.45, 2.75) is 70.2 Å². The fourth-order valence-electron chi connectivity index (χ4n) is 5.09. The lowest BCUT2D eigenvalue weighted by atomic mass is 9.75. The van der Waals surface area contributed by atoms with Crippen LogP contribution in [0.4, 0.5) is 0 Å². The van der Waals surface area contributed by atoms with Crippen LogP contribution in [-0.2, 0) is 4.79 Å². The Morgan fingerprint density at radius 2 is 1.76 bits per heavy atom. The van der Waals surface area contributed by atoms with Crippen LogP contribution in [0.3, 0.4) is 0 Å². The first-order chi connectivity index (χ1) is 13.8. The van der Waals surface area contributed by atoms with Gasteiger partial charge in [-0.05, 0) is 73.3 Å². The number of piperidine rings is 1. The lowest BCUT2D eigenvalue weighted by molar-refractivity contribution is -0.136. The zero-order valence-electron chi connectivity index (χ0n) is 17.7. The van der Waals surface area contributed by atoms with E-state index in [2.05, 4.69) is 40.0 Å². The summed E-state index contributed by atoms with van der Waals surface area (Å²) in [7, 11) is 0. The quantitative estimate of drug-likeness (QED) is 0.445. The molecule has 0 aromatic heterocycles. The number of likely N-dealkylation sites (tertiary alicyclic amines) is 1. The zero-order valence-corrected chi connectivity index (χ0v) is 20.8. The SMILES string of the molecule is CC(C)[C@@H](NCC1CC(Cl)=CC=C1Br)C(=O)N1CCC(C2CCC(Cl)CC2)CC1. The van der Waals surface area contributed by atoms with Crippen LogP contribution in [0.2, 0.25) is 0 Å². The monoisotopic (exact) mass is 504 g/mol. The fraction of sp³-hybridized carbons (Fsp3) is 0.783. The van der Waals surface area contributed by atoms with Gasteiger partial charge in [0.25, 0.3) is 0 Å². The molecule has 0 aromatic carbocycles. The number of allylic oxidation sites excluding steroid dienone is 3. The first kappa shape index (κ1) is 23.6. The third kappa shape index (κ3) is 6.48. The van der Waals surface area contributed by atoms with Gasteiger partial charge in [0.1, 0.15) is 0 Å². The molecule has 6 heteroatoms. The largest absolute Gasteiger partial charge is 0.341 e. The number of halogens is 3. The van der Waals surface area contributed by atoms with E-state index in [0.717, 1.165) is 73.1 Å². The van der Waals surface area contributed by atoms with Crippen LogP contribution in [0.15, 0.2) is 21.7 Å². The van der Waals surface area contributed by atoms with Crippen LogP contribution in [0, 0.1) is 23.7 Å². The van der Waals surface area contributed by atoms with E-state index in [9.17, 15) is 4.79 Å². The average molecular weight is 506 g/mol. The summed E-state index contributed by atoms with van der Waals surface area (Å²) in [5, 5.41) is 4.81. The standard InChI is InChI=1S/C23H35BrCl2N2O/c1-15(2)22(27-14-18-13-20(26)7-8-21(18)24)23(29)28-11-9-17(10-12-28)16-3-5-19(25)6-4-16/h7-8,15-19,22,27H,3-6,9-14H2,1-2H3/t16?,18?,19?,22-/m1/s1. The van der Waals surface area contributed by atoms with Gasteiger partial charge in [-0.15, -0.1) is 11.6 Å². The topological polar surface area (TPSA) is 32.3 Å². The first-order valence-electron chi connectivity index (χ1n) is 11.2. The van der Waals surface area contributed by atoms with E-state index in [1.807, 2.05) is 12.2 Å². The second-order valence-electron chi connectivity index (χ2n) is 9.37. The van der Waals surface area contributed by atoms with Gasteiger partial charge in [-0.1, -0.05) is 47.5 Å². The highest BCUT2D eigenvalue weighted by Gasteiger charge is 2.34. The molecule has 0 bridgehead atoms. The minimum Gasteiger partial charge on any atom is -0.341 e. The maximum absolute atomic E-state index is 13.3. The van der Waals surface area contributed by atoms with Crippen LogP contribution in [0.5, 0.6) is 0 Å². The highest BCUT2D eigenvalue weighted by Crippen LogP contribution is 2.37. The van der Waals surface area contributed by atoms with Crippen molar-refractivity contribution < 1.29 is 4.79 Å². The van der Waals surface area contributed by atoms with Gasteiger partial charge in [-0.2, -0.15) is 0 Å². The van der Waals surface area contributed by atoms with Gasteiger partial charge >= 0.3 is 0 Å². The smallest absolute Gasteiger partial charge is 0.239 e. The second-order valence-corrected chi connectivity index (χ2v) is 11.4. The maximum atomic E-state index is 13.3. The molecule has 0 radical (unpaired) electrons. The summed E-state index contributed by atoms with van der Waals surface area (Å²) in [6, 6.07) is -0.136. The van der Waals surface area contributed by atoms with Gasteiger partial charge in [0.05, 0.1) is 6.04 Å². The summed E-state index contributed by atoms with van der Waals surface area (Å²) in [5.74, 6) is 2.40. The Kier molecular flexibility index (Phi) is 8.98. The fourth-order valence-corrected chi connectivity index (χ4v) is 6.05. The molecule has 2 fully saturated rings. The average Bonchev–Trinajstić information content (AvgIpc) is 2.71. The summed E-state index contributed by atoms with van der Waals surface area (Å²) >= 11 is 16.1. The van der Waals surface area contributed by atoms with Crippen molar-refractivity contribution in [1.29, 1.82) is 0 Å². The normalized spacial score (nSPS) is 30.1. The van der Waals surface area contributed by atoms with Gasteiger partial charge in [0.2, 0.25) is 5.91 Å². The molecular weight excluding hydrogens is 471 g/mol. The molecule has 2 aliphatic carbocycles. The molecule has 2 atom stereocenters. The van der Waals surface area contributed by atoms with Gasteiger partial charge in [-0.3, -0.25) is 4.79 Å². The Labute approximate surface area is 194 Å². The van der Waals surface area contributed by atoms with E-state index in [4.69, 9.17) is 23.2 Å². The number of rotatable bonds is 6. The van der Waals surface area contributed by atoms with E-state index < -0.39 is 0 Å². The van der Waals surface area contributed by atoms with Crippen LogP contribution >= 0.6 is 39.1 Å². The number of carbonyl (C=O) groups is 1. The predicted octanol–water partition coefficient (Wildman–Crippen LogP) is 6.06. The van der Waals surface area contributed by atoms with Crippen molar-refractivity contribution in [3.8, 4) is 0 Å². The van der Waals surface area contributed by atoms with Gasteiger partial charge in [0, 0.05) is 36.0 Å². The van der Waals surface area contributed by atoms with Crippen LogP contribution in [-0.4, -0.2) is 41.9 Å². The van der Waals surface area contributed by atoms with E-state index in [1.54, 1.807) is 0 Å². The van der Waals surface area contributed by atoms with Crippen molar-refractivity contribution >= 4 is 45.0 Å². The summed E-state index contributed by atoms with van der Waals surface area (Å²) in [4.78, 5) is 15.4. The number of nitrogens with zero attached hydrogens (tertiary/aromatic N) is 1. The van der Waals surface area contributed by atoms with Gasteiger partial charge < -0.3 is 10.2 Å². The Morgan fingerprint density at radius 3 is 2.38 bits per heavy atom. The third-order valence-electron chi connectivity index (χ3n) is 6.99. The third-order valence-corrected chi connectivity index (χ3v) is 8.62. The molecule has 1 saturated carbocycles. The van der Waals surface area contributed by atoms with Crippen LogP contribution < -0.4 is 5.32 Å². The van der Waals surface area contributed by atoms with Crippen molar-refractivity contribution in [3.05, 3.63) is 21.7 Å². The van der Waals surface area contributed by atoms with E-state index in [-0.39, 0.29) is 17.9 Å². The van der Waals surface area contributed by atoms with E-state index in [0.29, 0.717) is 11.3 Å². The van der Waals surface area contributed by atoms with Crippen molar-refractivity contribution in [3.63, 3.8) is 0 Å². The Hall–Kier alpha value is -0.0300. The number of alkyl halides is 1. The minimum atomic E-state index is -0.136. The van der Waals surface area contributed by atoms with Crippen LogP contribution in [0.1, 0.15) is 58.8 Å². The summed E-state index contributed by atoms with van der Waals surface area (Å²) in [5.41, 5.74) is 0. The number of hydrogen-bond donors (Lipinski definition) is 1. The molecule has 1 unspecified atom stereocenters. The predicted molar refractivity (Wildman–Crippen MR) is 127 cm³/mol. The van der Waals surface area contributed by atoms with Gasteiger partial charge in [-0.25, -0.2) is 0 Å². The Balaban J connectivity index is 1.49. The maximum Gasteiger partial charge on any atom is 0.239 e. The first-order valence-corrected chi connectivity index (χ1v) is 12.8. The molecule has 164 valence electrons. The Morgan fingerprint density at radius 1 is 1.14 bits per heavy atom. The molecule has 29 heavy (non-hydrogen) atoms. The second kappa shape index (κ2) is 11.0. The number of carbonyl (C=O) groups excluding carboxylic acids is 1. The highest BCUT2D eigenvalue weighted by molar-refractivity contribution is 9.11.